The van der Waals surface area contributed by atoms with Gasteiger partial charge in [0.15, 0.2) is 0 Å². The lowest BCUT2D eigenvalue weighted by molar-refractivity contribution is -0.176. The molecule has 1 saturated heterocycles. The molecule has 0 amide bonds. The van der Waals surface area contributed by atoms with Crippen LogP contribution in [0.5, 0.6) is 0 Å². The van der Waals surface area contributed by atoms with E-state index in [1.54, 1.807) is 6.07 Å². The molecule has 0 radical (unpaired) electrons. The van der Waals surface area contributed by atoms with Gasteiger partial charge in [-0.2, -0.15) is 0 Å². The summed E-state index contributed by atoms with van der Waals surface area (Å²) in [6.45, 7) is 2.20. The summed E-state index contributed by atoms with van der Waals surface area (Å²) in [6, 6.07) is 21.0. The van der Waals surface area contributed by atoms with Crippen LogP contribution in [0.25, 0.3) is 0 Å². The molecule has 1 aliphatic heterocycles. The smallest absolute Gasteiger partial charge is 0.122 e. The van der Waals surface area contributed by atoms with Crippen LogP contribution in [0.4, 0.5) is 0 Å². The van der Waals surface area contributed by atoms with E-state index in [-0.39, 0.29) is 6.10 Å². The zero-order valence-corrected chi connectivity index (χ0v) is 20.3. The Morgan fingerprint density at radius 3 is 2.38 bits per heavy atom. The van der Waals surface area contributed by atoms with Gasteiger partial charge in [0.25, 0.3) is 0 Å². The molecule has 3 aromatic carbocycles. The first kappa shape index (κ1) is 23.8. The molecule has 0 spiro atoms. The molecule has 0 aromatic heterocycles. The lowest BCUT2D eigenvalue weighted by atomic mass is 9.82. The van der Waals surface area contributed by atoms with Crippen molar-refractivity contribution in [2.75, 3.05) is 13.1 Å². The standard InChI is InChI=1S/C25H23Cl4NO2/c26-20-8-6-19(7-9-20)25(32-16-18-3-1-2-4-21(18)27)11-12-30-14-24(25)31-15-17-5-10-22(28)23(29)13-17/h1-10,13,24,30H,11-12,14-16H2/t24-,25+/m0/s1. The van der Waals surface area contributed by atoms with E-state index in [2.05, 4.69) is 5.32 Å². The predicted molar refractivity (Wildman–Crippen MR) is 132 cm³/mol. The molecule has 1 fully saturated rings. The number of hydrogen-bond acceptors (Lipinski definition) is 3. The van der Waals surface area contributed by atoms with Crippen LogP contribution in [0.1, 0.15) is 23.1 Å². The van der Waals surface area contributed by atoms with E-state index in [1.165, 1.54) is 0 Å². The number of halogens is 4. The maximum absolute atomic E-state index is 6.67. The molecular formula is C25H23Cl4NO2. The molecule has 1 heterocycles. The van der Waals surface area contributed by atoms with Gasteiger partial charge in [-0.3, -0.25) is 0 Å². The normalized spacial score (nSPS) is 20.9. The van der Waals surface area contributed by atoms with Crippen molar-refractivity contribution in [2.24, 2.45) is 0 Å². The quantitative estimate of drug-likeness (QED) is 0.362. The van der Waals surface area contributed by atoms with Gasteiger partial charge in [-0.1, -0.05) is 82.8 Å². The van der Waals surface area contributed by atoms with Gasteiger partial charge in [0.1, 0.15) is 11.7 Å². The molecule has 3 aromatic rings. The van der Waals surface area contributed by atoms with Crippen molar-refractivity contribution in [3.8, 4) is 0 Å². The second-order valence-electron chi connectivity index (χ2n) is 7.78. The molecule has 3 nitrogen and oxygen atoms in total. The van der Waals surface area contributed by atoms with Crippen LogP contribution < -0.4 is 5.32 Å². The Kier molecular flexibility index (Phi) is 8.01. The lowest BCUT2D eigenvalue weighted by Crippen LogP contribution is -2.54. The minimum Gasteiger partial charge on any atom is -0.369 e. The third kappa shape index (κ3) is 5.43. The highest BCUT2D eigenvalue weighted by molar-refractivity contribution is 6.42. The fraction of sp³-hybridized carbons (Fsp3) is 0.280. The van der Waals surface area contributed by atoms with Crippen molar-refractivity contribution in [2.45, 2.75) is 31.3 Å². The van der Waals surface area contributed by atoms with Gasteiger partial charge in [-0.25, -0.2) is 0 Å². The van der Waals surface area contributed by atoms with E-state index >= 15 is 0 Å². The van der Waals surface area contributed by atoms with Crippen LogP contribution >= 0.6 is 46.4 Å². The van der Waals surface area contributed by atoms with Gasteiger partial charge in [0, 0.05) is 16.6 Å². The summed E-state index contributed by atoms with van der Waals surface area (Å²) in [4.78, 5) is 0. The summed E-state index contributed by atoms with van der Waals surface area (Å²) in [5, 5.41) is 5.82. The maximum atomic E-state index is 6.67. The topological polar surface area (TPSA) is 30.5 Å². The summed E-state index contributed by atoms with van der Waals surface area (Å²) >= 11 is 24.8. The summed E-state index contributed by atoms with van der Waals surface area (Å²) in [7, 11) is 0. The van der Waals surface area contributed by atoms with E-state index < -0.39 is 5.60 Å². The molecular weight excluding hydrogens is 488 g/mol. The fourth-order valence-corrected chi connectivity index (χ4v) is 4.62. The monoisotopic (exact) mass is 509 g/mol. The van der Waals surface area contributed by atoms with Crippen LogP contribution in [0.15, 0.2) is 66.7 Å². The Bertz CT molecular complexity index is 1060. The molecule has 0 bridgehead atoms. The zero-order valence-electron chi connectivity index (χ0n) is 17.3. The van der Waals surface area contributed by atoms with Gasteiger partial charge >= 0.3 is 0 Å². The Labute approximate surface area is 208 Å². The lowest BCUT2D eigenvalue weighted by Gasteiger charge is -2.44. The largest absolute Gasteiger partial charge is 0.369 e. The van der Waals surface area contributed by atoms with E-state index in [4.69, 9.17) is 55.9 Å². The fourth-order valence-electron chi connectivity index (χ4n) is 3.99. The van der Waals surface area contributed by atoms with Gasteiger partial charge in [-0.05, 0) is 60.0 Å². The first-order valence-electron chi connectivity index (χ1n) is 10.4. The molecule has 32 heavy (non-hydrogen) atoms. The Morgan fingerprint density at radius 1 is 0.844 bits per heavy atom. The van der Waals surface area contributed by atoms with Gasteiger partial charge in [-0.15, -0.1) is 0 Å². The summed E-state index contributed by atoms with van der Waals surface area (Å²) in [6.07, 6.45) is 0.500. The molecule has 2 atom stereocenters. The van der Waals surface area contributed by atoms with Crippen molar-refractivity contribution in [1.82, 2.24) is 5.32 Å². The number of rotatable bonds is 7. The number of piperidine rings is 1. The van der Waals surface area contributed by atoms with E-state index in [9.17, 15) is 0 Å². The van der Waals surface area contributed by atoms with E-state index in [0.29, 0.717) is 39.8 Å². The van der Waals surface area contributed by atoms with Gasteiger partial charge in [0.2, 0.25) is 0 Å². The Hall–Kier alpha value is -1.30. The van der Waals surface area contributed by atoms with Crippen LogP contribution in [-0.2, 0) is 28.3 Å². The molecule has 0 saturated carbocycles. The number of hydrogen-bond donors (Lipinski definition) is 1. The maximum Gasteiger partial charge on any atom is 0.122 e. The highest BCUT2D eigenvalue weighted by Crippen LogP contribution is 2.39. The van der Waals surface area contributed by atoms with Crippen molar-refractivity contribution in [1.29, 1.82) is 0 Å². The summed E-state index contributed by atoms with van der Waals surface area (Å²) in [5.74, 6) is 0. The first-order valence-corrected chi connectivity index (χ1v) is 11.9. The first-order chi connectivity index (χ1) is 15.5. The van der Waals surface area contributed by atoms with Crippen LogP contribution in [0.3, 0.4) is 0 Å². The third-order valence-electron chi connectivity index (χ3n) is 5.73. The van der Waals surface area contributed by atoms with Crippen LogP contribution in [-0.4, -0.2) is 19.2 Å². The van der Waals surface area contributed by atoms with Crippen LogP contribution in [0.2, 0.25) is 20.1 Å². The predicted octanol–water partition coefficient (Wildman–Crippen LogP) is 7.29. The third-order valence-corrected chi connectivity index (χ3v) is 7.09. The van der Waals surface area contributed by atoms with E-state index in [0.717, 1.165) is 29.7 Å². The second kappa shape index (κ2) is 10.8. The minimum absolute atomic E-state index is 0.241. The molecule has 7 heteroatoms. The Balaban J connectivity index is 1.62. The van der Waals surface area contributed by atoms with Crippen LogP contribution in [0, 0.1) is 0 Å². The molecule has 0 unspecified atom stereocenters. The van der Waals surface area contributed by atoms with Gasteiger partial charge < -0.3 is 14.8 Å². The molecule has 1 N–H and O–H groups in total. The van der Waals surface area contributed by atoms with Crippen molar-refractivity contribution >= 4 is 46.4 Å². The number of benzene rings is 3. The summed E-state index contributed by atoms with van der Waals surface area (Å²) in [5.41, 5.74) is 2.24. The number of nitrogens with one attached hydrogen (secondary N) is 1. The van der Waals surface area contributed by atoms with Crippen molar-refractivity contribution < 1.29 is 9.47 Å². The molecule has 0 aliphatic carbocycles. The van der Waals surface area contributed by atoms with Crippen molar-refractivity contribution in [3.63, 3.8) is 0 Å². The zero-order chi connectivity index (χ0) is 22.6. The average molecular weight is 511 g/mol. The second-order valence-corrected chi connectivity index (χ2v) is 9.44. The van der Waals surface area contributed by atoms with Crippen molar-refractivity contribution in [3.05, 3.63) is 104 Å². The Morgan fingerprint density at radius 2 is 1.62 bits per heavy atom. The SMILES string of the molecule is Clc1ccc([C@]2(OCc3ccccc3Cl)CCNC[C@@H]2OCc2ccc(Cl)c(Cl)c2)cc1. The molecule has 1 aliphatic rings. The summed E-state index contributed by atoms with van der Waals surface area (Å²) < 4.78 is 13.1. The minimum atomic E-state index is -0.661. The number of ether oxygens (including phenoxy) is 2. The van der Waals surface area contributed by atoms with Gasteiger partial charge in [0.05, 0.1) is 23.3 Å². The molecule has 4 rings (SSSR count). The average Bonchev–Trinajstić information content (AvgIpc) is 2.80. The highest BCUT2D eigenvalue weighted by Gasteiger charge is 2.44. The van der Waals surface area contributed by atoms with E-state index in [1.807, 2.05) is 60.7 Å². The molecule has 168 valence electrons. The highest BCUT2D eigenvalue weighted by atomic mass is 35.5.